The largest absolute Gasteiger partial charge is 0.301 e. The first-order valence-electron chi connectivity index (χ1n) is 5.06. The van der Waals surface area contributed by atoms with Crippen molar-refractivity contribution in [1.29, 1.82) is 0 Å². The molecule has 0 fully saturated rings. The molecule has 0 unspecified atom stereocenters. The quantitative estimate of drug-likeness (QED) is 0.505. The van der Waals surface area contributed by atoms with E-state index in [1.165, 1.54) is 23.5 Å². The summed E-state index contributed by atoms with van der Waals surface area (Å²) in [6.45, 7) is 1.55. The Morgan fingerprint density at radius 1 is 1.59 bits per heavy atom. The molecule has 0 saturated heterocycles. The number of rotatable bonds is 5. The number of carbonyl (C=O) groups excluding carboxylic acids is 1. The van der Waals surface area contributed by atoms with Gasteiger partial charge in [-0.05, 0) is 12.7 Å². The van der Waals surface area contributed by atoms with Gasteiger partial charge in [-0.2, -0.15) is 0 Å². The van der Waals surface area contributed by atoms with Crippen LogP contribution < -0.4 is 5.56 Å². The molecule has 1 N–H and O–H groups in total. The van der Waals surface area contributed by atoms with Crippen molar-refractivity contribution in [3.8, 4) is 0 Å². The molecule has 0 spiro atoms. The monoisotopic (exact) mass is 270 g/mol. The average Bonchev–Trinajstić information content (AvgIpc) is 2.30. The zero-order valence-corrected chi connectivity index (χ0v) is 11.4. The van der Waals surface area contributed by atoms with Gasteiger partial charge in [-0.1, -0.05) is 35.7 Å². The molecule has 6 heteroatoms. The summed E-state index contributed by atoms with van der Waals surface area (Å²) in [6, 6.07) is 0. The van der Waals surface area contributed by atoms with E-state index in [0.29, 0.717) is 10.7 Å². The molecule has 1 rings (SSSR count). The normalized spacial score (nSPS) is 10.9. The molecule has 1 heterocycles. The number of nitrogens with one attached hydrogen (secondary N) is 1. The Labute approximate surface area is 108 Å². The summed E-state index contributed by atoms with van der Waals surface area (Å²) in [6.07, 6.45) is 7.78. The highest BCUT2D eigenvalue weighted by Crippen LogP contribution is 2.06. The zero-order valence-electron chi connectivity index (χ0n) is 9.73. The number of aromatic amines is 1. The molecular weight excluding hydrogens is 256 g/mol. The first kappa shape index (κ1) is 14.1. The van der Waals surface area contributed by atoms with Gasteiger partial charge < -0.3 is 4.98 Å². The third-order valence-electron chi connectivity index (χ3n) is 1.88. The maximum absolute atomic E-state index is 11.6. The first-order chi connectivity index (χ1) is 8.13. The Balaban J connectivity index is 2.54. The van der Waals surface area contributed by atoms with Crippen molar-refractivity contribution in [2.24, 2.45) is 0 Å². The molecule has 0 amide bonds. The lowest BCUT2D eigenvalue weighted by Crippen LogP contribution is -2.10. The molecule has 1 aromatic heterocycles. The van der Waals surface area contributed by atoms with Gasteiger partial charge in [0.15, 0.2) is 10.3 Å². The Hall–Kier alpha value is -1.01. The van der Waals surface area contributed by atoms with Gasteiger partial charge in [-0.15, -0.1) is 0 Å². The first-order valence-corrected chi connectivity index (χ1v) is 7.27. The Kier molecular flexibility index (Phi) is 6.07. The van der Waals surface area contributed by atoms with Crippen molar-refractivity contribution in [1.82, 2.24) is 9.97 Å². The van der Waals surface area contributed by atoms with E-state index in [0.717, 1.165) is 12.2 Å². The Morgan fingerprint density at radius 2 is 2.35 bits per heavy atom. The van der Waals surface area contributed by atoms with Crippen LogP contribution in [0.1, 0.15) is 18.9 Å². The average molecular weight is 270 g/mol. The van der Waals surface area contributed by atoms with E-state index in [1.807, 2.05) is 12.3 Å². The fourth-order valence-corrected chi connectivity index (χ4v) is 1.99. The smallest absolute Gasteiger partial charge is 0.258 e. The third-order valence-corrected chi connectivity index (χ3v) is 3.32. The van der Waals surface area contributed by atoms with Crippen LogP contribution in [0.25, 0.3) is 6.08 Å². The highest BCUT2D eigenvalue weighted by molar-refractivity contribution is 8.13. The predicted octanol–water partition coefficient (Wildman–Crippen LogP) is 2.17. The SMILES string of the molecule is CSc1ncc(C=CCCSC(C)=O)c(=O)[nH]1. The van der Waals surface area contributed by atoms with Crippen molar-refractivity contribution in [2.45, 2.75) is 18.5 Å². The lowest BCUT2D eigenvalue weighted by atomic mass is 10.3. The van der Waals surface area contributed by atoms with Crippen LogP contribution in [0.3, 0.4) is 0 Å². The second-order valence-corrected chi connectivity index (χ2v) is 5.27. The maximum atomic E-state index is 11.6. The minimum absolute atomic E-state index is 0.113. The van der Waals surface area contributed by atoms with Crippen LogP contribution in [0, 0.1) is 0 Å². The lowest BCUT2D eigenvalue weighted by Gasteiger charge is -1.96. The molecule has 0 aliphatic rings. The van der Waals surface area contributed by atoms with Crippen LogP contribution in [0.15, 0.2) is 22.2 Å². The molecule has 0 saturated carbocycles. The van der Waals surface area contributed by atoms with Gasteiger partial charge in [-0.3, -0.25) is 9.59 Å². The maximum Gasteiger partial charge on any atom is 0.258 e. The second kappa shape index (κ2) is 7.34. The molecule has 0 aliphatic heterocycles. The van der Waals surface area contributed by atoms with E-state index < -0.39 is 0 Å². The summed E-state index contributed by atoms with van der Waals surface area (Å²) in [5.41, 5.74) is 0.399. The van der Waals surface area contributed by atoms with Gasteiger partial charge >= 0.3 is 0 Å². The second-order valence-electron chi connectivity index (χ2n) is 3.21. The van der Waals surface area contributed by atoms with Crippen LogP contribution in [0.2, 0.25) is 0 Å². The third kappa shape index (κ3) is 5.23. The summed E-state index contributed by atoms with van der Waals surface area (Å²) in [5.74, 6) is 0.736. The predicted molar refractivity (Wildman–Crippen MR) is 73.4 cm³/mol. The van der Waals surface area contributed by atoms with Gasteiger partial charge in [0.1, 0.15) is 0 Å². The fourth-order valence-electron chi connectivity index (χ4n) is 1.09. The van der Waals surface area contributed by atoms with Crippen molar-refractivity contribution < 1.29 is 4.79 Å². The van der Waals surface area contributed by atoms with Gasteiger partial charge in [0.25, 0.3) is 5.56 Å². The van der Waals surface area contributed by atoms with Crippen molar-refractivity contribution in [3.63, 3.8) is 0 Å². The van der Waals surface area contributed by atoms with E-state index >= 15 is 0 Å². The molecule has 0 aliphatic carbocycles. The molecule has 4 nitrogen and oxygen atoms in total. The molecule has 17 heavy (non-hydrogen) atoms. The fraction of sp³-hybridized carbons (Fsp3) is 0.364. The minimum Gasteiger partial charge on any atom is -0.301 e. The molecule has 0 radical (unpaired) electrons. The van der Waals surface area contributed by atoms with Crippen molar-refractivity contribution >= 4 is 34.7 Å². The van der Waals surface area contributed by atoms with E-state index in [9.17, 15) is 9.59 Å². The summed E-state index contributed by atoms with van der Waals surface area (Å²) < 4.78 is 0. The standard InChI is InChI=1S/C11H14N2O2S2/c1-8(14)17-6-4-3-5-9-7-12-11(16-2)13-10(9)15/h3,5,7H,4,6H2,1-2H3,(H,12,13,15). The van der Waals surface area contributed by atoms with Crippen LogP contribution >= 0.6 is 23.5 Å². The lowest BCUT2D eigenvalue weighted by molar-refractivity contribution is -0.109. The highest BCUT2D eigenvalue weighted by atomic mass is 32.2. The van der Waals surface area contributed by atoms with Gasteiger partial charge in [0.2, 0.25) is 0 Å². The summed E-state index contributed by atoms with van der Waals surface area (Å²) in [5, 5.41) is 0.724. The summed E-state index contributed by atoms with van der Waals surface area (Å²) in [4.78, 5) is 29.0. The number of allylic oxidation sites excluding steroid dienone is 1. The summed E-state index contributed by atoms with van der Waals surface area (Å²) >= 11 is 2.68. The highest BCUT2D eigenvalue weighted by Gasteiger charge is 1.98. The van der Waals surface area contributed by atoms with Crippen LogP contribution in [0.5, 0.6) is 0 Å². The van der Waals surface area contributed by atoms with E-state index in [4.69, 9.17) is 0 Å². The Morgan fingerprint density at radius 3 is 2.94 bits per heavy atom. The van der Waals surface area contributed by atoms with Crippen molar-refractivity contribution in [2.75, 3.05) is 12.0 Å². The minimum atomic E-state index is -0.139. The number of hydrogen-bond donors (Lipinski definition) is 1. The number of H-pyrrole nitrogens is 1. The number of hydrogen-bond acceptors (Lipinski definition) is 5. The molecular formula is C11H14N2O2S2. The molecule has 0 bridgehead atoms. The summed E-state index contributed by atoms with van der Waals surface area (Å²) in [7, 11) is 0. The molecule has 1 aromatic rings. The topological polar surface area (TPSA) is 62.8 Å². The Bertz CT molecular complexity index is 469. The van der Waals surface area contributed by atoms with Crippen LogP contribution in [0.4, 0.5) is 0 Å². The number of carbonyl (C=O) groups is 1. The molecule has 0 atom stereocenters. The van der Waals surface area contributed by atoms with Gasteiger partial charge in [-0.25, -0.2) is 4.98 Å². The number of nitrogens with zero attached hydrogens (tertiary/aromatic N) is 1. The molecule has 92 valence electrons. The van der Waals surface area contributed by atoms with Gasteiger partial charge in [0.05, 0.1) is 5.56 Å². The zero-order chi connectivity index (χ0) is 12.7. The van der Waals surface area contributed by atoms with E-state index in [2.05, 4.69) is 9.97 Å². The number of thioether (sulfide) groups is 2. The number of aromatic nitrogens is 2. The van der Waals surface area contributed by atoms with E-state index in [-0.39, 0.29) is 10.7 Å². The van der Waals surface area contributed by atoms with Crippen molar-refractivity contribution in [3.05, 3.63) is 28.2 Å². The molecule has 0 aromatic carbocycles. The van der Waals surface area contributed by atoms with Crippen LogP contribution in [-0.4, -0.2) is 27.1 Å². The van der Waals surface area contributed by atoms with Crippen LogP contribution in [-0.2, 0) is 4.79 Å². The van der Waals surface area contributed by atoms with Gasteiger partial charge in [0, 0.05) is 18.9 Å². The van der Waals surface area contributed by atoms with E-state index in [1.54, 1.807) is 19.2 Å².